The van der Waals surface area contributed by atoms with Crippen LogP contribution in [-0.2, 0) is 0 Å². The summed E-state index contributed by atoms with van der Waals surface area (Å²) in [6.45, 7) is 18.7. The monoisotopic (exact) mass is 255 g/mol. The zero-order valence-electron chi connectivity index (χ0n) is 13.5. The Balaban J connectivity index is 3.50. The van der Waals surface area contributed by atoms with E-state index in [1.807, 2.05) is 0 Å². The van der Waals surface area contributed by atoms with Crippen LogP contribution >= 0.6 is 0 Å². The molecule has 2 heteroatoms. The van der Waals surface area contributed by atoms with Crippen LogP contribution in [0, 0.1) is 5.92 Å². The Hall–Kier alpha value is -0.0800. The predicted octanol–water partition coefficient (Wildman–Crippen LogP) is 3.82. The molecular weight excluding hydrogens is 220 g/mol. The van der Waals surface area contributed by atoms with E-state index in [1.54, 1.807) is 5.92 Å². The van der Waals surface area contributed by atoms with Gasteiger partial charge in [0.05, 0.1) is 0 Å². The van der Waals surface area contributed by atoms with Gasteiger partial charge in [-0.3, -0.25) is 0 Å². The third-order valence-corrected chi connectivity index (χ3v) is 3.94. The lowest BCUT2D eigenvalue weighted by Crippen LogP contribution is -2.25. The lowest BCUT2D eigenvalue weighted by atomic mass is 9.99. The third kappa shape index (κ3) is 8.93. The molecule has 0 heterocycles. The van der Waals surface area contributed by atoms with Gasteiger partial charge in [-0.05, 0) is 70.9 Å². The second-order valence-electron chi connectivity index (χ2n) is 5.22. The molecule has 0 fully saturated rings. The fraction of sp³-hybridized carbons (Fsp3) is 0.938. The molecule has 18 heavy (non-hydrogen) atoms. The Kier molecular flexibility index (Phi) is 11.9. The fourth-order valence-corrected chi connectivity index (χ4v) is 2.41. The second kappa shape index (κ2) is 12.0. The van der Waals surface area contributed by atoms with Crippen molar-refractivity contribution in [2.75, 3.05) is 39.3 Å². The highest BCUT2D eigenvalue weighted by Gasteiger charge is 2.06. The number of hydrogen-bond donors (Lipinski definition) is 0. The number of nitrogens with zero attached hydrogens (tertiary/aromatic N) is 2. The van der Waals surface area contributed by atoms with Crippen LogP contribution in [0.2, 0.25) is 0 Å². The van der Waals surface area contributed by atoms with Gasteiger partial charge in [0.2, 0.25) is 0 Å². The first-order valence-corrected chi connectivity index (χ1v) is 7.93. The zero-order valence-corrected chi connectivity index (χ0v) is 13.5. The molecule has 0 aliphatic carbocycles. The molecule has 0 rings (SSSR count). The van der Waals surface area contributed by atoms with E-state index in [0.717, 1.165) is 0 Å². The van der Waals surface area contributed by atoms with Crippen molar-refractivity contribution in [1.29, 1.82) is 0 Å². The highest BCUT2D eigenvalue weighted by molar-refractivity contribution is 4.84. The molecule has 0 unspecified atom stereocenters. The minimum atomic E-state index is 1.19. The molecule has 2 nitrogen and oxygen atoms in total. The Bertz CT molecular complexity index is 144. The molecule has 0 bridgehead atoms. The maximum absolute atomic E-state index is 2.52. The molecule has 0 aromatic heterocycles. The van der Waals surface area contributed by atoms with Crippen molar-refractivity contribution in [2.45, 2.75) is 60.3 Å². The SMILES string of the molecule is CCN(CC)CCC[C](C)CCCN(CC)CC. The van der Waals surface area contributed by atoms with E-state index in [9.17, 15) is 0 Å². The van der Waals surface area contributed by atoms with E-state index in [0.29, 0.717) is 0 Å². The van der Waals surface area contributed by atoms with Crippen LogP contribution in [0.5, 0.6) is 0 Å². The van der Waals surface area contributed by atoms with Crippen LogP contribution in [0.15, 0.2) is 0 Å². The van der Waals surface area contributed by atoms with Crippen LogP contribution in [0.1, 0.15) is 60.3 Å². The maximum atomic E-state index is 2.52. The summed E-state index contributed by atoms with van der Waals surface area (Å²) in [6.07, 6.45) is 5.29. The van der Waals surface area contributed by atoms with Gasteiger partial charge in [0.15, 0.2) is 0 Å². The molecule has 0 amide bonds. The number of rotatable bonds is 12. The number of hydrogen-bond acceptors (Lipinski definition) is 2. The Morgan fingerprint density at radius 2 is 1.00 bits per heavy atom. The molecule has 0 saturated heterocycles. The van der Waals surface area contributed by atoms with Gasteiger partial charge < -0.3 is 9.80 Å². The van der Waals surface area contributed by atoms with Crippen molar-refractivity contribution in [1.82, 2.24) is 9.80 Å². The van der Waals surface area contributed by atoms with Gasteiger partial charge in [-0.25, -0.2) is 0 Å². The Labute approximate surface area is 116 Å². The summed E-state index contributed by atoms with van der Waals surface area (Å²) in [6, 6.07) is 0. The molecule has 0 saturated carbocycles. The molecule has 0 aliphatic rings. The lowest BCUT2D eigenvalue weighted by molar-refractivity contribution is 0.290. The van der Waals surface area contributed by atoms with E-state index in [2.05, 4.69) is 44.4 Å². The first kappa shape index (κ1) is 17.9. The topological polar surface area (TPSA) is 6.48 Å². The Morgan fingerprint density at radius 1 is 0.667 bits per heavy atom. The van der Waals surface area contributed by atoms with Gasteiger partial charge in [0.25, 0.3) is 0 Å². The standard InChI is InChI=1S/C16H35N2/c1-6-17(7-2)14-10-12-16(5)13-11-15-18(8-3)9-4/h6-15H2,1-5H3. The molecule has 109 valence electrons. The second-order valence-corrected chi connectivity index (χ2v) is 5.22. The minimum absolute atomic E-state index is 1.19. The minimum Gasteiger partial charge on any atom is -0.304 e. The molecule has 0 spiro atoms. The van der Waals surface area contributed by atoms with Crippen LogP contribution in [0.4, 0.5) is 0 Å². The molecule has 0 N–H and O–H groups in total. The molecule has 0 aromatic rings. The largest absolute Gasteiger partial charge is 0.304 e. The van der Waals surface area contributed by atoms with Crippen LogP contribution < -0.4 is 0 Å². The summed E-state index contributed by atoms with van der Waals surface area (Å²) < 4.78 is 0. The van der Waals surface area contributed by atoms with Crippen LogP contribution in [0.25, 0.3) is 0 Å². The van der Waals surface area contributed by atoms with Crippen molar-refractivity contribution in [3.63, 3.8) is 0 Å². The van der Waals surface area contributed by atoms with E-state index < -0.39 is 0 Å². The van der Waals surface area contributed by atoms with Gasteiger partial charge in [0, 0.05) is 0 Å². The quantitative estimate of drug-likeness (QED) is 0.523. The van der Waals surface area contributed by atoms with Crippen molar-refractivity contribution >= 4 is 0 Å². The fourth-order valence-electron chi connectivity index (χ4n) is 2.41. The summed E-state index contributed by atoms with van der Waals surface area (Å²) in [5.74, 6) is 1.69. The van der Waals surface area contributed by atoms with Gasteiger partial charge in [-0.15, -0.1) is 0 Å². The summed E-state index contributed by atoms with van der Waals surface area (Å²) in [5, 5.41) is 0. The van der Waals surface area contributed by atoms with Crippen LogP contribution in [-0.4, -0.2) is 49.1 Å². The van der Waals surface area contributed by atoms with Crippen molar-refractivity contribution in [2.24, 2.45) is 0 Å². The van der Waals surface area contributed by atoms with Gasteiger partial charge in [-0.1, -0.05) is 34.6 Å². The van der Waals surface area contributed by atoms with Gasteiger partial charge in [0.1, 0.15) is 0 Å². The predicted molar refractivity (Wildman–Crippen MR) is 83.0 cm³/mol. The summed E-state index contributed by atoms with van der Waals surface area (Å²) >= 11 is 0. The normalized spacial score (nSPS) is 12.0. The highest BCUT2D eigenvalue weighted by atomic mass is 15.1. The first-order valence-electron chi connectivity index (χ1n) is 7.93. The van der Waals surface area contributed by atoms with Crippen molar-refractivity contribution in [3.8, 4) is 0 Å². The zero-order chi connectivity index (χ0) is 13.8. The first-order chi connectivity index (χ1) is 8.67. The van der Waals surface area contributed by atoms with Crippen molar-refractivity contribution in [3.05, 3.63) is 5.92 Å². The average molecular weight is 255 g/mol. The summed E-state index contributed by atoms with van der Waals surface area (Å²) in [7, 11) is 0. The van der Waals surface area contributed by atoms with E-state index in [1.165, 1.54) is 65.0 Å². The highest BCUT2D eigenvalue weighted by Crippen LogP contribution is 2.15. The maximum Gasteiger partial charge on any atom is -0.00188 e. The molecule has 0 aliphatic heterocycles. The van der Waals surface area contributed by atoms with Crippen molar-refractivity contribution < 1.29 is 0 Å². The van der Waals surface area contributed by atoms with E-state index in [-0.39, 0.29) is 0 Å². The van der Waals surface area contributed by atoms with E-state index >= 15 is 0 Å². The van der Waals surface area contributed by atoms with Gasteiger partial charge >= 0.3 is 0 Å². The summed E-state index contributed by atoms with van der Waals surface area (Å²) in [4.78, 5) is 5.03. The molecule has 0 aromatic carbocycles. The average Bonchev–Trinajstić information content (AvgIpc) is 2.40. The Morgan fingerprint density at radius 3 is 1.28 bits per heavy atom. The molecule has 1 radical (unpaired) electrons. The molecule has 0 atom stereocenters. The molecular formula is C16H35N2. The van der Waals surface area contributed by atoms with E-state index in [4.69, 9.17) is 0 Å². The smallest absolute Gasteiger partial charge is 0.00188 e. The third-order valence-electron chi connectivity index (χ3n) is 3.94. The van der Waals surface area contributed by atoms with Gasteiger partial charge in [-0.2, -0.15) is 0 Å². The summed E-state index contributed by atoms with van der Waals surface area (Å²) in [5.41, 5.74) is 0. The van der Waals surface area contributed by atoms with Crippen LogP contribution in [0.3, 0.4) is 0 Å². The lowest BCUT2D eigenvalue weighted by Gasteiger charge is -2.20.